The summed E-state index contributed by atoms with van der Waals surface area (Å²) in [5.74, 6) is 1.59. The molecule has 1 rings (SSSR count). The zero-order valence-electron chi connectivity index (χ0n) is 7.25. The van der Waals surface area contributed by atoms with Gasteiger partial charge in [0.25, 0.3) is 0 Å². The van der Waals surface area contributed by atoms with E-state index in [0.29, 0.717) is 11.2 Å². The molecule has 6 N–H and O–H groups in total. The van der Waals surface area contributed by atoms with Gasteiger partial charge in [-0.1, -0.05) is 23.5 Å². The molecule has 0 radical (unpaired) electrons. The van der Waals surface area contributed by atoms with Gasteiger partial charge in [0.05, 0.1) is 0 Å². The minimum atomic E-state index is 0.197. The maximum absolute atomic E-state index is 7.08. The molecular formula is C7H14N4S2. The van der Waals surface area contributed by atoms with E-state index in [4.69, 9.17) is 22.3 Å². The molecule has 1 aliphatic rings. The van der Waals surface area contributed by atoms with E-state index < -0.39 is 0 Å². The third kappa shape index (κ3) is 3.91. The third-order valence-corrected chi connectivity index (χ3v) is 3.88. The zero-order chi connectivity index (χ0) is 9.84. The lowest BCUT2D eigenvalue weighted by Gasteiger charge is -2.33. The van der Waals surface area contributed by atoms with Gasteiger partial charge in [0.1, 0.15) is 0 Å². The summed E-state index contributed by atoms with van der Waals surface area (Å²) < 4.78 is 0. The summed E-state index contributed by atoms with van der Waals surface area (Å²) in [6.45, 7) is 0. The van der Waals surface area contributed by atoms with Crippen LogP contribution in [0, 0.1) is 16.7 Å². The number of nitrogens with two attached hydrogens (primary N) is 2. The normalized spacial score (nSPS) is 26.5. The topological polar surface area (TPSA) is 99.7 Å². The molecule has 1 fully saturated rings. The van der Waals surface area contributed by atoms with Crippen LogP contribution in [0.15, 0.2) is 0 Å². The van der Waals surface area contributed by atoms with Gasteiger partial charge in [0.15, 0.2) is 10.3 Å². The fourth-order valence-electron chi connectivity index (χ4n) is 1.29. The quantitative estimate of drug-likeness (QED) is 0.420. The van der Waals surface area contributed by atoms with Crippen LogP contribution in [0.2, 0.25) is 0 Å². The first-order valence-corrected chi connectivity index (χ1v) is 5.92. The molecule has 0 unspecified atom stereocenters. The molecular weight excluding hydrogens is 204 g/mol. The second-order valence-electron chi connectivity index (χ2n) is 3.12. The maximum atomic E-state index is 7.08. The van der Waals surface area contributed by atoms with E-state index in [1.54, 1.807) is 0 Å². The number of nitrogens with one attached hydrogen (secondary N) is 2. The fourth-order valence-corrected chi connectivity index (χ4v) is 3.08. The van der Waals surface area contributed by atoms with E-state index >= 15 is 0 Å². The number of rotatable bonds is 3. The Kier molecular flexibility index (Phi) is 3.92. The first-order chi connectivity index (χ1) is 6.08. The van der Waals surface area contributed by atoms with Gasteiger partial charge >= 0.3 is 0 Å². The van der Waals surface area contributed by atoms with E-state index in [2.05, 4.69) is 0 Å². The van der Waals surface area contributed by atoms with Crippen molar-refractivity contribution in [1.82, 2.24) is 0 Å². The van der Waals surface area contributed by atoms with Gasteiger partial charge in [-0.25, -0.2) is 0 Å². The average molecular weight is 218 g/mol. The van der Waals surface area contributed by atoms with Gasteiger partial charge in [0.2, 0.25) is 0 Å². The Labute approximate surface area is 86.2 Å². The Morgan fingerprint density at radius 2 is 1.85 bits per heavy atom. The smallest absolute Gasteiger partial charge is 0.151 e. The van der Waals surface area contributed by atoms with Crippen molar-refractivity contribution >= 4 is 33.9 Å². The highest BCUT2D eigenvalue weighted by molar-refractivity contribution is 8.14. The van der Waals surface area contributed by atoms with Crippen LogP contribution in [0.25, 0.3) is 0 Å². The molecule has 1 saturated carbocycles. The average Bonchev–Trinajstić information content (AvgIpc) is 1.92. The zero-order valence-corrected chi connectivity index (χ0v) is 8.88. The van der Waals surface area contributed by atoms with Gasteiger partial charge in [0, 0.05) is 11.0 Å². The van der Waals surface area contributed by atoms with E-state index in [1.165, 1.54) is 23.5 Å². The fraction of sp³-hybridized carbons (Fsp3) is 0.714. The van der Waals surface area contributed by atoms with Crippen molar-refractivity contribution in [3.05, 3.63) is 0 Å². The van der Waals surface area contributed by atoms with Crippen LogP contribution >= 0.6 is 23.5 Å². The highest BCUT2D eigenvalue weighted by Gasteiger charge is 2.30. The van der Waals surface area contributed by atoms with Gasteiger partial charge in [-0.2, -0.15) is 0 Å². The molecule has 1 aliphatic carbocycles. The molecule has 0 atom stereocenters. The minimum absolute atomic E-state index is 0.197. The maximum Gasteiger partial charge on any atom is 0.151 e. The van der Waals surface area contributed by atoms with E-state index in [1.807, 2.05) is 0 Å². The molecule has 0 bridgehead atoms. The lowest BCUT2D eigenvalue weighted by molar-refractivity contribution is 0.369. The van der Waals surface area contributed by atoms with Crippen LogP contribution in [-0.2, 0) is 0 Å². The Hall–Kier alpha value is -0.360. The standard InChI is InChI=1S/C7H14N4S2/c8-6(9)12-3-4-1-5(2-4)13-7(10)11/h4-5H,1-3H2,(H3,8,9)(H3,10,11)/t4-,5+. The van der Waals surface area contributed by atoms with Crippen LogP contribution in [0.4, 0.5) is 0 Å². The molecule has 0 aromatic carbocycles. The second-order valence-corrected chi connectivity index (χ2v) is 5.52. The van der Waals surface area contributed by atoms with Crippen molar-refractivity contribution in [3.63, 3.8) is 0 Å². The molecule has 0 amide bonds. The lowest BCUT2D eigenvalue weighted by Crippen LogP contribution is -2.30. The summed E-state index contributed by atoms with van der Waals surface area (Å²) in [5.41, 5.74) is 10.5. The number of hydrogen-bond acceptors (Lipinski definition) is 4. The van der Waals surface area contributed by atoms with Crippen LogP contribution in [-0.4, -0.2) is 21.3 Å². The van der Waals surface area contributed by atoms with Gasteiger partial charge in [-0.05, 0) is 18.8 Å². The van der Waals surface area contributed by atoms with Crippen LogP contribution in [0.1, 0.15) is 12.8 Å². The van der Waals surface area contributed by atoms with Crippen molar-refractivity contribution in [3.8, 4) is 0 Å². The number of thioether (sulfide) groups is 2. The van der Waals surface area contributed by atoms with Gasteiger partial charge in [-0.3, -0.25) is 10.8 Å². The van der Waals surface area contributed by atoms with Crippen molar-refractivity contribution in [2.45, 2.75) is 18.1 Å². The molecule has 0 spiro atoms. The van der Waals surface area contributed by atoms with Crippen molar-refractivity contribution in [2.24, 2.45) is 17.4 Å². The summed E-state index contributed by atoms with van der Waals surface area (Å²) in [5, 5.41) is 15.0. The second kappa shape index (κ2) is 4.76. The molecule has 0 aromatic rings. The Morgan fingerprint density at radius 1 is 1.23 bits per heavy atom. The van der Waals surface area contributed by atoms with Crippen LogP contribution in [0.3, 0.4) is 0 Å². The summed E-state index contributed by atoms with van der Waals surface area (Å²) >= 11 is 2.85. The molecule has 0 heterocycles. The van der Waals surface area contributed by atoms with E-state index in [9.17, 15) is 0 Å². The molecule has 13 heavy (non-hydrogen) atoms. The highest BCUT2D eigenvalue weighted by atomic mass is 32.2. The third-order valence-electron chi connectivity index (χ3n) is 1.96. The number of hydrogen-bond donors (Lipinski definition) is 4. The molecule has 74 valence electrons. The molecule has 4 nitrogen and oxygen atoms in total. The number of amidine groups is 2. The van der Waals surface area contributed by atoms with Gasteiger partial charge in [-0.15, -0.1) is 0 Å². The molecule has 6 heteroatoms. The minimum Gasteiger partial charge on any atom is -0.379 e. The largest absolute Gasteiger partial charge is 0.379 e. The monoisotopic (exact) mass is 218 g/mol. The van der Waals surface area contributed by atoms with E-state index in [-0.39, 0.29) is 10.3 Å². The van der Waals surface area contributed by atoms with Crippen molar-refractivity contribution < 1.29 is 0 Å². The summed E-state index contributed by atoms with van der Waals surface area (Å²) in [4.78, 5) is 0. The van der Waals surface area contributed by atoms with Crippen LogP contribution < -0.4 is 11.5 Å². The van der Waals surface area contributed by atoms with Gasteiger partial charge < -0.3 is 11.5 Å². The predicted molar refractivity (Wildman–Crippen MR) is 60.4 cm³/mol. The Bertz CT molecular complexity index is 213. The summed E-state index contributed by atoms with van der Waals surface area (Å²) in [7, 11) is 0. The van der Waals surface area contributed by atoms with Crippen molar-refractivity contribution in [1.29, 1.82) is 10.8 Å². The Morgan fingerprint density at radius 3 is 2.31 bits per heavy atom. The van der Waals surface area contributed by atoms with Crippen LogP contribution in [0.5, 0.6) is 0 Å². The first-order valence-electron chi connectivity index (χ1n) is 4.05. The first kappa shape index (κ1) is 10.7. The SMILES string of the molecule is N=C(N)SC[C@H]1C[C@@H](SC(=N)N)C1. The molecule has 0 aliphatic heterocycles. The predicted octanol–water partition coefficient (Wildman–Crippen LogP) is 1.02. The highest BCUT2D eigenvalue weighted by Crippen LogP contribution is 2.38. The lowest BCUT2D eigenvalue weighted by atomic mass is 9.86. The van der Waals surface area contributed by atoms with Crippen molar-refractivity contribution in [2.75, 3.05) is 5.75 Å². The summed E-state index contributed by atoms with van der Waals surface area (Å²) in [6.07, 6.45) is 2.20. The Balaban J connectivity index is 2.05. The summed E-state index contributed by atoms with van der Waals surface area (Å²) in [6, 6.07) is 0. The molecule has 0 aromatic heterocycles. The molecule has 0 saturated heterocycles. The van der Waals surface area contributed by atoms with E-state index in [0.717, 1.165) is 18.6 Å².